The lowest BCUT2D eigenvalue weighted by molar-refractivity contribution is 0.0947. The first-order chi connectivity index (χ1) is 12.4. The van der Waals surface area contributed by atoms with E-state index in [4.69, 9.17) is 4.74 Å². The summed E-state index contributed by atoms with van der Waals surface area (Å²) in [6.07, 6.45) is 2.64. The molecule has 0 aliphatic heterocycles. The van der Waals surface area contributed by atoms with Gasteiger partial charge in [0.25, 0.3) is 5.91 Å². The van der Waals surface area contributed by atoms with Crippen LogP contribution < -0.4 is 14.4 Å². The van der Waals surface area contributed by atoms with Crippen LogP contribution in [0.4, 0.5) is 5.69 Å². The van der Waals surface area contributed by atoms with Gasteiger partial charge >= 0.3 is 0 Å². The zero-order chi connectivity index (χ0) is 19.0. The molecule has 0 spiro atoms. The Labute approximate surface area is 154 Å². The van der Waals surface area contributed by atoms with E-state index in [2.05, 4.69) is 11.9 Å². The number of carbonyl (C=O) groups excluding carboxylic acids is 1. The molecule has 0 saturated heterocycles. The average Bonchev–Trinajstić information content (AvgIpc) is 2.63. The van der Waals surface area contributed by atoms with Crippen molar-refractivity contribution in [1.82, 2.24) is 5.32 Å². The molecular formula is C19H22N2O4S. The van der Waals surface area contributed by atoms with Crippen molar-refractivity contribution in [2.75, 3.05) is 30.3 Å². The Bertz CT molecular complexity index is 834. The Hall–Kier alpha value is -2.80. The van der Waals surface area contributed by atoms with Crippen molar-refractivity contribution in [3.8, 4) is 5.75 Å². The molecule has 0 saturated carbocycles. The molecule has 0 atom stereocenters. The third kappa shape index (κ3) is 5.63. The number of ether oxygens (including phenoxy) is 1. The number of amides is 1. The zero-order valence-electron chi connectivity index (χ0n) is 14.6. The Kier molecular flexibility index (Phi) is 6.80. The molecule has 2 aromatic carbocycles. The van der Waals surface area contributed by atoms with Gasteiger partial charge in [-0.25, -0.2) is 8.42 Å². The highest BCUT2D eigenvalue weighted by Gasteiger charge is 2.16. The normalized spacial score (nSPS) is 10.8. The van der Waals surface area contributed by atoms with Gasteiger partial charge in [0, 0.05) is 5.56 Å². The van der Waals surface area contributed by atoms with Crippen LogP contribution in [-0.2, 0) is 10.0 Å². The number of nitrogens with zero attached hydrogens (tertiary/aromatic N) is 1. The first kappa shape index (κ1) is 19.5. The summed E-state index contributed by atoms with van der Waals surface area (Å²) in [5.74, 6) is 0.497. The van der Waals surface area contributed by atoms with Crippen molar-refractivity contribution in [3.05, 3.63) is 72.8 Å². The summed E-state index contributed by atoms with van der Waals surface area (Å²) in [7, 11) is -3.41. The summed E-state index contributed by atoms with van der Waals surface area (Å²) >= 11 is 0. The Morgan fingerprint density at radius 1 is 1.15 bits per heavy atom. The van der Waals surface area contributed by atoms with Gasteiger partial charge in [0.1, 0.15) is 12.4 Å². The van der Waals surface area contributed by atoms with Crippen LogP contribution in [0.3, 0.4) is 0 Å². The highest BCUT2D eigenvalue weighted by Crippen LogP contribution is 2.18. The van der Waals surface area contributed by atoms with Gasteiger partial charge in [-0.05, 0) is 36.4 Å². The summed E-state index contributed by atoms with van der Waals surface area (Å²) in [5, 5.41) is 2.76. The molecule has 0 fully saturated rings. The van der Waals surface area contributed by atoms with Crippen LogP contribution in [0, 0.1) is 0 Å². The lowest BCUT2D eigenvalue weighted by Gasteiger charge is -2.20. The first-order valence-corrected chi connectivity index (χ1v) is 9.91. The van der Waals surface area contributed by atoms with E-state index in [0.29, 0.717) is 24.4 Å². The zero-order valence-corrected chi connectivity index (χ0v) is 15.4. The Morgan fingerprint density at radius 2 is 1.81 bits per heavy atom. The van der Waals surface area contributed by atoms with Gasteiger partial charge < -0.3 is 10.1 Å². The summed E-state index contributed by atoms with van der Waals surface area (Å²) in [6.45, 7) is 4.45. The van der Waals surface area contributed by atoms with Crippen LogP contribution >= 0.6 is 0 Å². The van der Waals surface area contributed by atoms with E-state index in [1.807, 2.05) is 30.3 Å². The van der Waals surface area contributed by atoms with Gasteiger partial charge in [-0.15, -0.1) is 6.58 Å². The fourth-order valence-corrected chi connectivity index (χ4v) is 3.16. The summed E-state index contributed by atoms with van der Waals surface area (Å²) in [4.78, 5) is 12.1. The van der Waals surface area contributed by atoms with Crippen molar-refractivity contribution in [3.63, 3.8) is 0 Å². The van der Waals surface area contributed by atoms with E-state index >= 15 is 0 Å². The fraction of sp³-hybridized carbons (Fsp3) is 0.211. The Balaban J connectivity index is 1.90. The van der Waals surface area contributed by atoms with E-state index in [9.17, 15) is 13.2 Å². The van der Waals surface area contributed by atoms with Crippen molar-refractivity contribution >= 4 is 21.6 Å². The maximum Gasteiger partial charge on any atom is 0.251 e. The van der Waals surface area contributed by atoms with Crippen LogP contribution in [0.2, 0.25) is 0 Å². The summed E-state index contributed by atoms with van der Waals surface area (Å²) < 4.78 is 30.4. The molecule has 0 heterocycles. The third-order valence-corrected chi connectivity index (χ3v) is 4.67. The van der Waals surface area contributed by atoms with Crippen molar-refractivity contribution in [1.29, 1.82) is 0 Å². The molecule has 0 aliphatic carbocycles. The molecule has 2 rings (SSSR count). The molecule has 1 N–H and O–H groups in total. The smallest absolute Gasteiger partial charge is 0.251 e. The first-order valence-electron chi connectivity index (χ1n) is 8.06. The van der Waals surface area contributed by atoms with Crippen LogP contribution in [-0.4, -0.2) is 40.3 Å². The molecule has 2 aromatic rings. The second kappa shape index (κ2) is 9.05. The molecule has 0 unspecified atom stereocenters. The van der Waals surface area contributed by atoms with Gasteiger partial charge in [0.2, 0.25) is 10.0 Å². The van der Waals surface area contributed by atoms with Crippen LogP contribution in [0.15, 0.2) is 67.3 Å². The number of rotatable bonds is 9. The molecule has 0 radical (unpaired) electrons. The number of carbonyl (C=O) groups is 1. The molecule has 1 amide bonds. The standard InChI is InChI=1S/C19H22N2O4S/c1-3-14-21(26(2,23)24)17-11-9-16(10-12-17)19(22)20-13-15-25-18-7-5-4-6-8-18/h3-12H,1,13-15H2,2H3,(H,20,22). The van der Waals surface area contributed by atoms with Gasteiger partial charge in [-0.1, -0.05) is 24.3 Å². The minimum absolute atomic E-state index is 0.168. The molecule has 7 heteroatoms. The van der Waals surface area contributed by atoms with Crippen molar-refractivity contribution in [2.45, 2.75) is 0 Å². The van der Waals surface area contributed by atoms with Gasteiger partial charge in [-0.3, -0.25) is 9.10 Å². The highest BCUT2D eigenvalue weighted by molar-refractivity contribution is 7.92. The lowest BCUT2D eigenvalue weighted by Crippen LogP contribution is -2.30. The van der Waals surface area contributed by atoms with Crippen molar-refractivity contribution < 1.29 is 17.9 Å². The molecule has 0 aromatic heterocycles. The van der Waals surface area contributed by atoms with Crippen LogP contribution in [0.5, 0.6) is 5.75 Å². The second-order valence-corrected chi connectivity index (χ2v) is 7.45. The minimum atomic E-state index is -3.41. The Morgan fingerprint density at radius 3 is 2.38 bits per heavy atom. The number of anilines is 1. The minimum Gasteiger partial charge on any atom is -0.492 e. The van der Waals surface area contributed by atoms with E-state index in [1.54, 1.807) is 24.3 Å². The number of benzene rings is 2. The maximum atomic E-state index is 12.1. The SMILES string of the molecule is C=CCN(c1ccc(C(=O)NCCOc2ccccc2)cc1)S(C)(=O)=O. The predicted molar refractivity (Wildman–Crippen MR) is 103 cm³/mol. The number of hydrogen-bond donors (Lipinski definition) is 1. The van der Waals surface area contributed by atoms with Crippen molar-refractivity contribution in [2.24, 2.45) is 0 Å². The largest absolute Gasteiger partial charge is 0.492 e. The van der Waals surface area contributed by atoms with E-state index in [0.717, 1.165) is 12.0 Å². The molecule has 138 valence electrons. The van der Waals surface area contributed by atoms with Gasteiger partial charge in [0.15, 0.2) is 0 Å². The number of hydrogen-bond acceptors (Lipinski definition) is 4. The molecule has 0 bridgehead atoms. The van der Waals surface area contributed by atoms with E-state index in [-0.39, 0.29) is 12.5 Å². The quantitative estimate of drug-likeness (QED) is 0.540. The van der Waals surface area contributed by atoms with Gasteiger partial charge in [0.05, 0.1) is 25.0 Å². The molecular weight excluding hydrogens is 352 g/mol. The number of sulfonamides is 1. The highest BCUT2D eigenvalue weighted by atomic mass is 32.2. The fourth-order valence-electron chi connectivity index (χ4n) is 2.28. The van der Waals surface area contributed by atoms with Gasteiger partial charge in [-0.2, -0.15) is 0 Å². The topological polar surface area (TPSA) is 75.7 Å². The molecule has 6 nitrogen and oxygen atoms in total. The molecule has 0 aliphatic rings. The summed E-state index contributed by atoms with van der Waals surface area (Å²) in [6, 6.07) is 15.7. The van der Waals surface area contributed by atoms with E-state index in [1.165, 1.54) is 10.4 Å². The number of nitrogens with one attached hydrogen (secondary N) is 1. The second-order valence-electron chi connectivity index (χ2n) is 5.55. The predicted octanol–water partition coefficient (Wildman–Crippen LogP) is 2.45. The lowest BCUT2D eigenvalue weighted by atomic mass is 10.2. The average molecular weight is 374 g/mol. The summed E-state index contributed by atoms with van der Waals surface area (Å²) in [5.41, 5.74) is 0.928. The van der Waals surface area contributed by atoms with E-state index < -0.39 is 10.0 Å². The molecule has 26 heavy (non-hydrogen) atoms. The monoisotopic (exact) mass is 374 g/mol. The van der Waals surface area contributed by atoms with Crippen LogP contribution in [0.25, 0.3) is 0 Å². The third-order valence-electron chi connectivity index (χ3n) is 3.51. The maximum absolute atomic E-state index is 12.1. The van der Waals surface area contributed by atoms with Crippen LogP contribution in [0.1, 0.15) is 10.4 Å². The number of para-hydroxylation sites is 1.